The standard InChI is InChI=1S/C15H16BrNO2S/c1-9-8-13(20-14(9)16)15(19)17(3)10(2)11-6-4-5-7-12(11)18/h4-8,10,18H,1-3H3. The van der Waals surface area contributed by atoms with Crippen molar-refractivity contribution in [2.24, 2.45) is 0 Å². The van der Waals surface area contributed by atoms with Crippen molar-refractivity contribution in [1.29, 1.82) is 0 Å². The van der Waals surface area contributed by atoms with Gasteiger partial charge in [-0.2, -0.15) is 0 Å². The number of rotatable bonds is 3. The van der Waals surface area contributed by atoms with E-state index in [-0.39, 0.29) is 17.7 Å². The van der Waals surface area contributed by atoms with Crippen molar-refractivity contribution < 1.29 is 9.90 Å². The van der Waals surface area contributed by atoms with Gasteiger partial charge < -0.3 is 10.0 Å². The van der Waals surface area contributed by atoms with Gasteiger partial charge in [0.1, 0.15) is 5.75 Å². The molecule has 0 aliphatic rings. The quantitative estimate of drug-likeness (QED) is 0.890. The predicted molar refractivity (Wildman–Crippen MR) is 85.4 cm³/mol. The van der Waals surface area contributed by atoms with Gasteiger partial charge in [0.05, 0.1) is 14.7 Å². The topological polar surface area (TPSA) is 40.5 Å². The Kier molecular flexibility index (Phi) is 4.50. The molecule has 0 radical (unpaired) electrons. The lowest BCUT2D eigenvalue weighted by Crippen LogP contribution is -2.29. The minimum absolute atomic E-state index is 0.0421. The molecular weight excluding hydrogens is 338 g/mol. The number of hydrogen-bond donors (Lipinski definition) is 1. The molecule has 0 fully saturated rings. The average molecular weight is 354 g/mol. The van der Waals surface area contributed by atoms with E-state index < -0.39 is 0 Å². The van der Waals surface area contributed by atoms with Crippen LogP contribution in [-0.2, 0) is 0 Å². The SMILES string of the molecule is Cc1cc(C(=O)N(C)C(C)c2ccccc2O)sc1Br. The van der Waals surface area contributed by atoms with E-state index in [1.807, 2.05) is 32.0 Å². The van der Waals surface area contributed by atoms with E-state index in [4.69, 9.17) is 0 Å². The van der Waals surface area contributed by atoms with E-state index in [9.17, 15) is 9.90 Å². The van der Waals surface area contributed by atoms with Crippen LogP contribution in [0, 0.1) is 6.92 Å². The second kappa shape index (κ2) is 5.97. The van der Waals surface area contributed by atoms with Crippen molar-refractivity contribution in [1.82, 2.24) is 4.90 Å². The number of nitrogens with zero attached hydrogens (tertiary/aromatic N) is 1. The zero-order valence-corrected chi connectivity index (χ0v) is 14.0. The summed E-state index contributed by atoms with van der Waals surface area (Å²) in [6, 6.07) is 8.79. The number of halogens is 1. The Morgan fingerprint density at radius 2 is 2.05 bits per heavy atom. The van der Waals surface area contributed by atoms with E-state index in [2.05, 4.69) is 15.9 Å². The number of thiophene rings is 1. The second-order valence-electron chi connectivity index (χ2n) is 4.72. The molecule has 0 saturated heterocycles. The van der Waals surface area contributed by atoms with Crippen LogP contribution >= 0.6 is 27.3 Å². The molecule has 1 amide bonds. The van der Waals surface area contributed by atoms with Gasteiger partial charge in [0.15, 0.2) is 0 Å². The number of benzene rings is 1. The maximum atomic E-state index is 12.5. The number of aromatic hydroxyl groups is 1. The zero-order chi connectivity index (χ0) is 14.9. The zero-order valence-electron chi connectivity index (χ0n) is 11.6. The summed E-state index contributed by atoms with van der Waals surface area (Å²) in [6.07, 6.45) is 0. The van der Waals surface area contributed by atoms with E-state index in [0.29, 0.717) is 4.88 Å². The molecule has 0 saturated carbocycles. The van der Waals surface area contributed by atoms with E-state index in [1.54, 1.807) is 24.1 Å². The number of phenolic OH excluding ortho intramolecular Hbond substituents is 1. The average Bonchev–Trinajstić information content (AvgIpc) is 2.77. The first-order valence-electron chi connectivity index (χ1n) is 6.22. The van der Waals surface area contributed by atoms with Crippen LogP contribution in [0.1, 0.15) is 33.8 Å². The second-order valence-corrected chi connectivity index (χ2v) is 7.09. The van der Waals surface area contributed by atoms with E-state index in [1.165, 1.54) is 11.3 Å². The number of phenols is 1. The molecule has 1 aromatic carbocycles. The van der Waals surface area contributed by atoms with Crippen molar-refractivity contribution in [2.75, 3.05) is 7.05 Å². The first-order valence-corrected chi connectivity index (χ1v) is 7.83. The predicted octanol–water partition coefficient (Wildman–Crippen LogP) is 4.36. The molecule has 0 bridgehead atoms. The normalized spacial score (nSPS) is 12.2. The highest BCUT2D eigenvalue weighted by Crippen LogP contribution is 2.31. The first kappa shape index (κ1) is 15.1. The fourth-order valence-corrected chi connectivity index (χ4v) is 3.48. The molecule has 106 valence electrons. The Bertz CT molecular complexity index is 619. The van der Waals surface area contributed by atoms with Crippen LogP contribution in [-0.4, -0.2) is 23.0 Å². The number of hydrogen-bond acceptors (Lipinski definition) is 3. The number of para-hydroxylation sites is 1. The Morgan fingerprint density at radius 3 is 2.60 bits per heavy atom. The van der Waals surface area contributed by atoms with Gasteiger partial charge in [-0.25, -0.2) is 0 Å². The highest BCUT2D eigenvalue weighted by atomic mass is 79.9. The minimum Gasteiger partial charge on any atom is -0.508 e. The fraction of sp³-hybridized carbons (Fsp3) is 0.267. The van der Waals surface area contributed by atoms with Gasteiger partial charge in [0, 0.05) is 12.6 Å². The van der Waals surface area contributed by atoms with Crippen molar-refractivity contribution in [3.05, 3.63) is 50.1 Å². The Hall–Kier alpha value is -1.33. The maximum Gasteiger partial charge on any atom is 0.264 e. The molecule has 5 heteroatoms. The smallest absolute Gasteiger partial charge is 0.264 e. The van der Waals surface area contributed by atoms with Gasteiger partial charge in [-0.05, 0) is 47.5 Å². The maximum absolute atomic E-state index is 12.5. The lowest BCUT2D eigenvalue weighted by atomic mass is 10.1. The third kappa shape index (κ3) is 2.88. The highest BCUT2D eigenvalue weighted by molar-refractivity contribution is 9.11. The molecule has 0 aliphatic heterocycles. The lowest BCUT2D eigenvalue weighted by Gasteiger charge is -2.25. The van der Waals surface area contributed by atoms with Gasteiger partial charge in [-0.1, -0.05) is 18.2 Å². The first-order chi connectivity index (χ1) is 9.41. The monoisotopic (exact) mass is 353 g/mol. The van der Waals surface area contributed by atoms with Gasteiger partial charge in [0.2, 0.25) is 0 Å². The van der Waals surface area contributed by atoms with Gasteiger partial charge in [0.25, 0.3) is 5.91 Å². The van der Waals surface area contributed by atoms with Gasteiger partial charge in [-0.15, -0.1) is 11.3 Å². The highest BCUT2D eigenvalue weighted by Gasteiger charge is 2.22. The minimum atomic E-state index is -0.190. The van der Waals surface area contributed by atoms with Crippen LogP contribution in [0.25, 0.3) is 0 Å². The number of amides is 1. The van der Waals surface area contributed by atoms with Gasteiger partial charge in [-0.3, -0.25) is 4.79 Å². The van der Waals surface area contributed by atoms with Crippen LogP contribution in [0.3, 0.4) is 0 Å². The summed E-state index contributed by atoms with van der Waals surface area (Å²) >= 11 is 4.87. The molecule has 1 heterocycles. The summed E-state index contributed by atoms with van der Waals surface area (Å²) in [5, 5.41) is 9.89. The van der Waals surface area contributed by atoms with E-state index in [0.717, 1.165) is 14.9 Å². The van der Waals surface area contributed by atoms with Crippen molar-refractivity contribution >= 4 is 33.2 Å². The molecule has 1 unspecified atom stereocenters. The molecule has 1 aromatic heterocycles. The molecular formula is C15H16BrNO2S. The summed E-state index contributed by atoms with van der Waals surface area (Å²) in [7, 11) is 1.75. The third-order valence-electron chi connectivity index (χ3n) is 3.36. The summed E-state index contributed by atoms with van der Waals surface area (Å²) in [6.45, 7) is 3.87. The van der Waals surface area contributed by atoms with Crippen molar-refractivity contribution in [2.45, 2.75) is 19.9 Å². The number of carbonyl (C=O) groups is 1. The Balaban J connectivity index is 2.24. The van der Waals surface area contributed by atoms with Crippen LogP contribution in [0.5, 0.6) is 5.75 Å². The van der Waals surface area contributed by atoms with Crippen LogP contribution in [0.15, 0.2) is 34.1 Å². The summed E-state index contributed by atoms with van der Waals surface area (Å²) in [4.78, 5) is 14.8. The molecule has 1 N–H and O–H groups in total. The molecule has 1 atom stereocenters. The number of carbonyl (C=O) groups excluding carboxylic acids is 1. The molecule has 0 spiro atoms. The van der Waals surface area contributed by atoms with E-state index >= 15 is 0 Å². The Labute approximate surface area is 131 Å². The summed E-state index contributed by atoms with van der Waals surface area (Å²) < 4.78 is 0.976. The van der Waals surface area contributed by atoms with Gasteiger partial charge >= 0.3 is 0 Å². The molecule has 2 aromatic rings. The van der Waals surface area contributed by atoms with Crippen LogP contribution in [0.4, 0.5) is 0 Å². The summed E-state index contributed by atoms with van der Waals surface area (Å²) in [5.41, 5.74) is 1.80. The molecule has 20 heavy (non-hydrogen) atoms. The lowest BCUT2D eigenvalue weighted by molar-refractivity contribution is 0.0746. The molecule has 3 nitrogen and oxygen atoms in total. The van der Waals surface area contributed by atoms with Crippen LogP contribution in [0.2, 0.25) is 0 Å². The largest absolute Gasteiger partial charge is 0.508 e. The molecule has 0 aliphatic carbocycles. The summed E-state index contributed by atoms with van der Waals surface area (Å²) in [5.74, 6) is 0.169. The van der Waals surface area contributed by atoms with Crippen LogP contribution < -0.4 is 0 Å². The Morgan fingerprint density at radius 1 is 1.40 bits per heavy atom. The molecule has 2 rings (SSSR count). The fourth-order valence-electron chi connectivity index (χ4n) is 1.96. The van der Waals surface area contributed by atoms with Crippen molar-refractivity contribution in [3.8, 4) is 5.75 Å². The number of aryl methyl sites for hydroxylation is 1. The third-order valence-corrected chi connectivity index (χ3v) is 5.48. The van der Waals surface area contributed by atoms with Crippen molar-refractivity contribution in [3.63, 3.8) is 0 Å².